The van der Waals surface area contributed by atoms with E-state index < -0.39 is 5.41 Å². The highest BCUT2D eigenvalue weighted by atomic mass is 16.5. The van der Waals surface area contributed by atoms with Gasteiger partial charge in [-0.3, -0.25) is 4.57 Å². The maximum Gasteiger partial charge on any atom is 0.137 e. The van der Waals surface area contributed by atoms with E-state index in [1.165, 1.54) is 61.2 Å². The van der Waals surface area contributed by atoms with Crippen molar-refractivity contribution in [3.63, 3.8) is 0 Å². The summed E-state index contributed by atoms with van der Waals surface area (Å²) in [7, 11) is 0. The second-order valence-corrected chi connectivity index (χ2v) is 23.4. The number of aromatic nitrogens is 2. The van der Waals surface area contributed by atoms with Gasteiger partial charge in [0.2, 0.25) is 0 Å². The van der Waals surface area contributed by atoms with Crippen molar-refractivity contribution in [3.8, 4) is 17.3 Å². The van der Waals surface area contributed by atoms with Gasteiger partial charge in [-0.15, -0.1) is 0 Å². The lowest BCUT2D eigenvalue weighted by Crippen LogP contribution is -2.34. The van der Waals surface area contributed by atoms with Crippen LogP contribution >= 0.6 is 0 Å². The highest BCUT2D eigenvalue weighted by molar-refractivity contribution is 6.11. The van der Waals surface area contributed by atoms with Crippen LogP contribution in [0, 0.1) is 0 Å². The molecule has 2 aromatic heterocycles. The van der Waals surface area contributed by atoms with Crippen LogP contribution in [0.2, 0.25) is 0 Å². The fraction of sp³-hybridized carbons (Fsp3) is 0.269. The van der Waals surface area contributed by atoms with E-state index in [1.54, 1.807) is 0 Å². The normalized spacial score (nSPS) is 13.9. The minimum Gasteiger partial charge on any atom is -0.457 e. The van der Waals surface area contributed by atoms with Crippen molar-refractivity contribution in [1.82, 2.24) is 9.55 Å². The van der Waals surface area contributed by atoms with Crippen LogP contribution < -0.4 is 14.5 Å². The second-order valence-electron chi connectivity index (χ2n) is 23.4. The average Bonchev–Trinajstić information content (AvgIpc) is 3.95. The largest absolute Gasteiger partial charge is 0.457 e. The predicted molar refractivity (Wildman–Crippen MR) is 303 cm³/mol. The minimum absolute atomic E-state index is 0.0177. The number of benzene rings is 7. The van der Waals surface area contributed by atoms with Gasteiger partial charge in [0.05, 0.1) is 29.1 Å². The Morgan fingerprint density at radius 2 is 0.917 bits per heavy atom. The number of hydrogen-bond donors (Lipinski definition) is 0. The van der Waals surface area contributed by atoms with Crippen LogP contribution in [0.15, 0.2) is 206 Å². The first-order valence-corrected chi connectivity index (χ1v) is 25.6. The van der Waals surface area contributed by atoms with E-state index in [0.29, 0.717) is 6.67 Å². The molecular formula is C67H70N4O. The van der Waals surface area contributed by atoms with Crippen molar-refractivity contribution in [2.75, 3.05) is 16.5 Å². The van der Waals surface area contributed by atoms with E-state index in [1.807, 2.05) is 6.20 Å². The Labute approximate surface area is 428 Å². The SMILES string of the molecule is CC(C)(C)c1cccc(N2CN(c3cccc(Oc4cc(C(C)(C)C)c5c6ccccc6n(-c6cc(C(C)(C)c7ccccc7)ccn6)c5c4)c3)C(C(C)(C)c3ccccc3)=C2C(C)(C)c2ccccc2)c1. The average molecular weight is 947 g/mol. The van der Waals surface area contributed by atoms with E-state index >= 15 is 0 Å². The molecule has 3 heterocycles. The van der Waals surface area contributed by atoms with E-state index in [2.05, 4.69) is 286 Å². The van der Waals surface area contributed by atoms with Gasteiger partial charge in [-0.25, -0.2) is 4.98 Å². The lowest BCUT2D eigenvalue weighted by Gasteiger charge is -2.38. The molecule has 0 fully saturated rings. The smallest absolute Gasteiger partial charge is 0.137 e. The summed E-state index contributed by atoms with van der Waals surface area (Å²) >= 11 is 0. The molecule has 0 saturated carbocycles. The van der Waals surface area contributed by atoms with Gasteiger partial charge < -0.3 is 14.5 Å². The highest BCUT2D eigenvalue weighted by Crippen LogP contribution is 2.51. The Bertz CT molecular complexity index is 3460. The zero-order chi connectivity index (χ0) is 50.8. The summed E-state index contributed by atoms with van der Waals surface area (Å²) in [4.78, 5) is 10.2. The molecule has 10 rings (SSSR count). The number of pyridine rings is 1. The van der Waals surface area contributed by atoms with Gasteiger partial charge in [0.25, 0.3) is 0 Å². The van der Waals surface area contributed by atoms with E-state index in [4.69, 9.17) is 9.72 Å². The lowest BCUT2D eigenvalue weighted by molar-refractivity contribution is 0.479. The molecule has 0 bridgehead atoms. The number of hydrogen-bond acceptors (Lipinski definition) is 4. The van der Waals surface area contributed by atoms with Crippen molar-refractivity contribution in [3.05, 3.63) is 239 Å². The van der Waals surface area contributed by atoms with Gasteiger partial charge >= 0.3 is 0 Å². The van der Waals surface area contributed by atoms with Crippen LogP contribution in [0.1, 0.15) is 116 Å². The van der Waals surface area contributed by atoms with Crippen LogP contribution in [0.4, 0.5) is 11.4 Å². The summed E-state index contributed by atoms with van der Waals surface area (Å²) in [6.45, 7) is 28.6. The number of anilines is 2. The summed E-state index contributed by atoms with van der Waals surface area (Å²) < 4.78 is 9.52. The number of rotatable bonds is 11. The first kappa shape index (κ1) is 48.3. The van der Waals surface area contributed by atoms with Gasteiger partial charge in [-0.2, -0.15) is 0 Å². The van der Waals surface area contributed by atoms with Crippen LogP contribution in [-0.4, -0.2) is 16.2 Å². The summed E-state index contributed by atoms with van der Waals surface area (Å²) in [6, 6.07) is 68.3. The van der Waals surface area contributed by atoms with Gasteiger partial charge in [-0.1, -0.05) is 210 Å². The molecule has 9 aromatic rings. The van der Waals surface area contributed by atoms with Gasteiger partial charge in [0, 0.05) is 56.7 Å². The summed E-state index contributed by atoms with van der Waals surface area (Å²) in [5, 5.41) is 2.41. The molecule has 5 heteroatoms. The molecule has 0 N–H and O–H groups in total. The summed E-state index contributed by atoms with van der Waals surface area (Å²) in [6.07, 6.45) is 1.96. The monoisotopic (exact) mass is 947 g/mol. The quantitative estimate of drug-likeness (QED) is 0.129. The third-order valence-electron chi connectivity index (χ3n) is 15.4. The topological polar surface area (TPSA) is 33.5 Å². The first-order valence-electron chi connectivity index (χ1n) is 25.6. The molecule has 364 valence electrons. The van der Waals surface area contributed by atoms with Crippen molar-refractivity contribution < 1.29 is 4.74 Å². The minimum atomic E-state index is -0.405. The Morgan fingerprint density at radius 1 is 0.403 bits per heavy atom. The number of para-hydroxylation sites is 1. The lowest BCUT2D eigenvalue weighted by atomic mass is 9.73. The van der Waals surface area contributed by atoms with E-state index in [-0.39, 0.29) is 21.7 Å². The Kier molecular flexibility index (Phi) is 12.1. The second kappa shape index (κ2) is 18.0. The Hall–Kier alpha value is -7.37. The zero-order valence-corrected chi connectivity index (χ0v) is 44.4. The molecule has 7 aromatic carbocycles. The summed E-state index contributed by atoms with van der Waals surface area (Å²) in [5.74, 6) is 2.43. The van der Waals surface area contributed by atoms with E-state index in [9.17, 15) is 0 Å². The molecule has 1 aliphatic rings. The Morgan fingerprint density at radius 3 is 1.49 bits per heavy atom. The molecule has 5 nitrogen and oxygen atoms in total. The van der Waals surface area contributed by atoms with Gasteiger partial charge in [0.15, 0.2) is 0 Å². The van der Waals surface area contributed by atoms with Crippen molar-refractivity contribution in [2.24, 2.45) is 0 Å². The fourth-order valence-electron chi connectivity index (χ4n) is 11.1. The van der Waals surface area contributed by atoms with Crippen LogP contribution in [0.25, 0.3) is 27.6 Å². The van der Waals surface area contributed by atoms with E-state index in [0.717, 1.165) is 34.0 Å². The number of fused-ring (bicyclic) bond motifs is 3. The molecule has 0 unspecified atom stereocenters. The summed E-state index contributed by atoms with van der Waals surface area (Å²) in [5.41, 5.74) is 13.2. The first-order chi connectivity index (χ1) is 34.2. The molecular weight excluding hydrogens is 877 g/mol. The van der Waals surface area contributed by atoms with Gasteiger partial charge in [-0.05, 0) is 92.7 Å². The van der Waals surface area contributed by atoms with Crippen molar-refractivity contribution >= 4 is 33.2 Å². The third-order valence-corrected chi connectivity index (χ3v) is 15.4. The molecule has 0 saturated heterocycles. The molecule has 72 heavy (non-hydrogen) atoms. The zero-order valence-electron chi connectivity index (χ0n) is 44.4. The van der Waals surface area contributed by atoms with Crippen LogP contribution in [-0.2, 0) is 27.1 Å². The molecule has 0 spiro atoms. The van der Waals surface area contributed by atoms with Crippen LogP contribution in [0.3, 0.4) is 0 Å². The maximum absolute atomic E-state index is 7.19. The number of ether oxygens (including phenoxy) is 1. The third kappa shape index (κ3) is 8.67. The fourth-order valence-corrected chi connectivity index (χ4v) is 11.1. The molecule has 0 radical (unpaired) electrons. The standard InChI is InChI=1S/C67H70N4O/c1-63(2,3)49-32-24-33-51(40-49)69-45-70(62(67(11,12)48-30-20-15-21-31-48)61(69)66(9,10)47-28-18-14-19-29-47)52-34-25-35-53(42-52)72-54-43-56(64(4,5)6)60-55-36-22-23-37-57(55)71(58(60)44-54)59-41-50(38-39-68-59)65(7,8)46-26-16-13-17-27-46/h13-44H,45H2,1-12H3. The van der Waals surface area contributed by atoms with Crippen molar-refractivity contribution in [2.45, 2.75) is 110 Å². The van der Waals surface area contributed by atoms with Crippen LogP contribution in [0.5, 0.6) is 11.5 Å². The van der Waals surface area contributed by atoms with Gasteiger partial charge in [0.1, 0.15) is 17.3 Å². The molecule has 0 aliphatic carbocycles. The molecule has 0 atom stereocenters. The Balaban J connectivity index is 1.14. The maximum atomic E-state index is 7.19. The molecule has 1 aliphatic heterocycles. The highest BCUT2D eigenvalue weighted by Gasteiger charge is 2.46. The van der Waals surface area contributed by atoms with Crippen molar-refractivity contribution in [1.29, 1.82) is 0 Å². The number of allylic oxidation sites excluding steroid dienone is 2. The number of nitrogens with zero attached hydrogens (tertiary/aromatic N) is 4. The molecule has 0 amide bonds. The predicted octanol–water partition coefficient (Wildman–Crippen LogP) is 17.3.